The molecule has 0 fully saturated rings. The highest BCUT2D eigenvalue weighted by Crippen LogP contribution is 2.11. The number of methoxy groups -OCH3 is 1. The van der Waals surface area contributed by atoms with Crippen LogP contribution in [0.15, 0.2) is 53.6 Å². The average molecular weight is 272 g/mol. The number of carbonyl (C=O) groups is 1. The first-order valence-corrected chi connectivity index (χ1v) is 5.92. The Kier molecular flexibility index (Phi) is 4.44. The Morgan fingerprint density at radius 1 is 1.25 bits per heavy atom. The summed E-state index contributed by atoms with van der Waals surface area (Å²) in [6, 6.07) is 12.6. The van der Waals surface area contributed by atoms with E-state index in [9.17, 15) is 9.18 Å². The van der Waals surface area contributed by atoms with Gasteiger partial charge in [-0.3, -0.25) is 4.79 Å². The quantitative estimate of drug-likeness (QED) is 0.687. The molecule has 2 aromatic rings. The van der Waals surface area contributed by atoms with E-state index in [1.165, 1.54) is 18.3 Å². The number of benzene rings is 2. The summed E-state index contributed by atoms with van der Waals surface area (Å²) in [7, 11) is 1.55. The summed E-state index contributed by atoms with van der Waals surface area (Å²) in [5.41, 5.74) is 3.40. The summed E-state index contributed by atoms with van der Waals surface area (Å²) in [6.07, 6.45) is 1.38. The van der Waals surface area contributed by atoms with Crippen molar-refractivity contribution in [3.8, 4) is 5.75 Å². The first-order chi connectivity index (χ1) is 9.69. The van der Waals surface area contributed by atoms with Crippen molar-refractivity contribution in [3.63, 3.8) is 0 Å². The molecule has 0 saturated carbocycles. The van der Waals surface area contributed by atoms with Crippen molar-refractivity contribution in [1.29, 1.82) is 0 Å². The number of nitrogens with zero attached hydrogens (tertiary/aromatic N) is 1. The summed E-state index contributed by atoms with van der Waals surface area (Å²) < 4.78 is 17.9. The number of amides is 1. The van der Waals surface area contributed by atoms with Gasteiger partial charge in [-0.25, -0.2) is 9.82 Å². The molecule has 0 aliphatic carbocycles. The van der Waals surface area contributed by atoms with Crippen molar-refractivity contribution < 1.29 is 13.9 Å². The minimum Gasteiger partial charge on any atom is -0.497 e. The third-order valence-electron chi connectivity index (χ3n) is 2.58. The lowest BCUT2D eigenvalue weighted by Crippen LogP contribution is -2.17. The lowest BCUT2D eigenvalue weighted by Gasteiger charge is -2.02. The van der Waals surface area contributed by atoms with E-state index in [0.717, 1.165) is 0 Å². The maximum absolute atomic E-state index is 12.9. The van der Waals surface area contributed by atoms with Crippen molar-refractivity contribution >= 4 is 12.1 Å². The topological polar surface area (TPSA) is 50.7 Å². The maximum atomic E-state index is 12.9. The van der Waals surface area contributed by atoms with E-state index in [4.69, 9.17) is 4.74 Å². The van der Waals surface area contributed by atoms with Gasteiger partial charge in [-0.05, 0) is 42.0 Å². The monoisotopic (exact) mass is 272 g/mol. The van der Waals surface area contributed by atoms with Crippen LogP contribution in [0.5, 0.6) is 5.75 Å². The second-order valence-corrected chi connectivity index (χ2v) is 3.98. The minimum absolute atomic E-state index is 0.347. The molecule has 5 heteroatoms. The van der Waals surface area contributed by atoms with Crippen LogP contribution < -0.4 is 10.2 Å². The molecule has 0 spiro atoms. The number of rotatable bonds is 4. The van der Waals surface area contributed by atoms with Crippen molar-refractivity contribution in [1.82, 2.24) is 5.43 Å². The van der Waals surface area contributed by atoms with Gasteiger partial charge in [0, 0.05) is 5.56 Å². The lowest BCUT2D eigenvalue weighted by molar-refractivity contribution is 0.0955. The highest BCUT2D eigenvalue weighted by Gasteiger charge is 2.03. The summed E-state index contributed by atoms with van der Waals surface area (Å²) in [6.45, 7) is 0. The molecule has 0 unspecified atom stereocenters. The second-order valence-electron chi connectivity index (χ2n) is 3.98. The van der Waals surface area contributed by atoms with Crippen LogP contribution in [-0.2, 0) is 0 Å². The molecule has 0 aliphatic rings. The predicted octanol–water partition coefficient (Wildman–Crippen LogP) is 2.60. The van der Waals surface area contributed by atoms with Crippen molar-refractivity contribution in [2.24, 2.45) is 5.10 Å². The molecule has 0 bridgehead atoms. The second kappa shape index (κ2) is 6.47. The van der Waals surface area contributed by atoms with Crippen LogP contribution in [0.3, 0.4) is 0 Å². The Morgan fingerprint density at radius 2 is 2.00 bits per heavy atom. The third-order valence-corrected chi connectivity index (χ3v) is 2.58. The Balaban J connectivity index is 1.97. The van der Waals surface area contributed by atoms with Gasteiger partial charge in [0.1, 0.15) is 11.6 Å². The number of ether oxygens (including phenoxy) is 1. The molecule has 2 rings (SSSR count). The highest BCUT2D eigenvalue weighted by molar-refractivity contribution is 5.94. The molecular weight excluding hydrogens is 259 g/mol. The largest absolute Gasteiger partial charge is 0.497 e. The van der Waals surface area contributed by atoms with E-state index >= 15 is 0 Å². The minimum atomic E-state index is -0.351. The van der Waals surface area contributed by atoms with Crippen LogP contribution in [0.25, 0.3) is 0 Å². The molecule has 102 valence electrons. The lowest BCUT2D eigenvalue weighted by atomic mass is 10.2. The highest BCUT2D eigenvalue weighted by atomic mass is 19.1. The van der Waals surface area contributed by atoms with E-state index in [1.807, 2.05) is 0 Å². The summed E-state index contributed by atoms with van der Waals surface area (Å²) >= 11 is 0. The van der Waals surface area contributed by atoms with Gasteiger partial charge in [-0.1, -0.05) is 12.1 Å². The number of hydrogen-bond donors (Lipinski definition) is 1. The molecule has 1 N–H and O–H groups in total. The van der Waals surface area contributed by atoms with Gasteiger partial charge in [-0.2, -0.15) is 5.10 Å². The van der Waals surface area contributed by atoms with Gasteiger partial charge in [0.2, 0.25) is 0 Å². The van der Waals surface area contributed by atoms with Crippen molar-refractivity contribution in [2.45, 2.75) is 0 Å². The van der Waals surface area contributed by atoms with Gasteiger partial charge < -0.3 is 4.74 Å². The van der Waals surface area contributed by atoms with Crippen LogP contribution in [-0.4, -0.2) is 19.2 Å². The van der Waals surface area contributed by atoms with Crippen molar-refractivity contribution in [2.75, 3.05) is 7.11 Å². The molecule has 4 nitrogen and oxygen atoms in total. The van der Waals surface area contributed by atoms with E-state index < -0.39 is 0 Å². The number of carbonyl (C=O) groups excluding carboxylic acids is 1. The van der Waals surface area contributed by atoms with Gasteiger partial charge >= 0.3 is 0 Å². The van der Waals surface area contributed by atoms with Gasteiger partial charge in [-0.15, -0.1) is 0 Å². The molecule has 20 heavy (non-hydrogen) atoms. The first-order valence-electron chi connectivity index (χ1n) is 5.92. The van der Waals surface area contributed by atoms with Crippen LogP contribution in [0.2, 0.25) is 0 Å². The first kappa shape index (κ1) is 13.7. The average Bonchev–Trinajstić information content (AvgIpc) is 2.47. The van der Waals surface area contributed by atoms with E-state index in [-0.39, 0.29) is 11.7 Å². The Hall–Kier alpha value is -2.69. The van der Waals surface area contributed by atoms with Crippen LogP contribution >= 0.6 is 0 Å². The SMILES string of the molecule is COc1ccc(C(=O)N/N=C\c2cccc(F)c2)cc1. The number of hydrazone groups is 1. The van der Waals surface area contributed by atoms with Crippen LogP contribution in [0.1, 0.15) is 15.9 Å². The van der Waals surface area contributed by atoms with Gasteiger partial charge in [0.05, 0.1) is 13.3 Å². The normalized spacial score (nSPS) is 10.5. The molecule has 1 amide bonds. The summed E-state index contributed by atoms with van der Waals surface area (Å²) in [5, 5.41) is 3.78. The Labute approximate surface area is 115 Å². The smallest absolute Gasteiger partial charge is 0.271 e. The number of hydrogen-bond acceptors (Lipinski definition) is 3. The molecule has 0 radical (unpaired) electrons. The predicted molar refractivity (Wildman–Crippen MR) is 74.5 cm³/mol. The van der Waals surface area contributed by atoms with Crippen molar-refractivity contribution in [3.05, 3.63) is 65.5 Å². The van der Waals surface area contributed by atoms with Crippen LogP contribution in [0.4, 0.5) is 4.39 Å². The van der Waals surface area contributed by atoms with Gasteiger partial charge in [0.15, 0.2) is 0 Å². The fourth-order valence-electron chi connectivity index (χ4n) is 1.56. The molecular formula is C15H13FN2O2. The van der Waals surface area contributed by atoms with E-state index in [0.29, 0.717) is 16.9 Å². The molecule has 0 heterocycles. The molecule has 0 atom stereocenters. The maximum Gasteiger partial charge on any atom is 0.271 e. The number of nitrogens with one attached hydrogen (secondary N) is 1. The Morgan fingerprint density at radius 3 is 2.65 bits per heavy atom. The van der Waals surface area contributed by atoms with E-state index in [1.54, 1.807) is 43.5 Å². The fraction of sp³-hybridized carbons (Fsp3) is 0.0667. The number of halogens is 1. The molecule has 0 aromatic heterocycles. The standard InChI is InChI=1S/C15H13FN2O2/c1-20-14-7-5-12(6-8-14)15(19)18-17-10-11-3-2-4-13(16)9-11/h2-10H,1H3,(H,18,19)/b17-10-. The van der Waals surface area contributed by atoms with Gasteiger partial charge in [0.25, 0.3) is 5.91 Å². The zero-order chi connectivity index (χ0) is 14.4. The third kappa shape index (κ3) is 3.65. The Bertz CT molecular complexity index is 624. The molecule has 0 saturated heterocycles. The molecule has 0 aliphatic heterocycles. The molecule has 2 aromatic carbocycles. The fourth-order valence-corrected chi connectivity index (χ4v) is 1.56. The zero-order valence-electron chi connectivity index (χ0n) is 10.8. The van der Waals surface area contributed by atoms with Crippen LogP contribution in [0, 0.1) is 5.82 Å². The zero-order valence-corrected chi connectivity index (χ0v) is 10.8. The summed E-state index contributed by atoms with van der Waals surface area (Å²) in [4.78, 5) is 11.8. The van der Waals surface area contributed by atoms with E-state index in [2.05, 4.69) is 10.5 Å². The summed E-state index contributed by atoms with van der Waals surface area (Å²) in [5.74, 6) is -0.0273.